The number of hydrogen-bond donors (Lipinski definition) is 2. The van der Waals surface area contributed by atoms with E-state index in [1.54, 1.807) is 36.9 Å². The zero-order valence-corrected chi connectivity index (χ0v) is 11.8. The Morgan fingerprint density at radius 3 is 2.71 bits per heavy atom. The van der Waals surface area contributed by atoms with E-state index >= 15 is 0 Å². The number of aromatic nitrogens is 2. The number of carbonyl (C=O) groups excluding carboxylic acids is 1. The van der Waals surface area contributed by atoms with Gasteiger partial charge < -0.3 is 10.0 Å². The molecule has 0 radical (unpaired) electrons. The third-order valence-corrected chi connectivity index (χ3v) is 3.81. The highest BCUT2D eigenvalue weighted by Crippen LogP contribution is 2.31. The number of benzene rings is 1. The van der Waals surface area contributed by atoms with Gasteiger partial charge >= 0.3 is 5.97 Å². The Kier molecular flexibility index (Phi) is 3.01. The molecule has 1 aromatic heterocycles. The molecule has 0 spiro atoms. The highest BCUT2D eigenvalue weighted by atomic mass is 16.4. The number of H-pyrrole nitrogens is 1. The summed E-state index contributed by atoms with van der Waals surface area (Å²) in [6, 6.07) is 4.91. The molecule has 0 saturated heterocycles. The molecule has 6 nitrogen and oxygen atoms in total. The minimum Gasteiger partial charge on any atom is -0.478 e. The second kappa shape index (κ2) is 4.73. The van der Waals surface area contributed by atoms with Crippen LogP contribution in [0, 0.1) is 13.8 Å². The van der Waals surface area contributed by atoms with Gasteiger partial charge in [0.2, 0.25) is 0 Å². The van der Waals surface area contributed by atoms with Crippen LogP contribution < -0.4 is 4.90 Å². The second-order valence-corrected chi connectivity index (χ2v) is 5.16. The van der Waals surface area contributed by atoms with Crippen LogP contribution in [-0.2, 0) is 6.42 Å². The summed E-state index contributed by atoms with van der Waals surface area (Å²) in [5.41, 5.74) is 3.80. The number of aromatic amines is 1. The number of amides is 1. The number of fused-ring (bicyclic) bond motifs is 1. The van der Waals surface area contributed by atoms with Crippen LogP contribution >= 0.6 is 0 Å². The van der Waals surface area contributed by atoms with Crippen LogP contribution in [0.25, 0.3) is 0 Å². The van der Waals surface area contributed by atoms with E-state index in [1.807, 2.05) is 0 Å². The number of carboxylic acids is 1. The number of nitrogens with one attached hydrogen (secondary N) is 1. The van der Waals surface area contributed by atoms with E-state index in [1.165, 1.54) is 0 Å². The van der Waals surface area contributed by atoms with Gasteiger partial charge in [-0.1, -0.05) is 6.07 Å². The Hall–Kier alpha value is -2.63. The molecule has 1 aliphatic heterocycles. The van der Waals surface area contributed by atoms with Gasteiger partial charge in [0.25, 0.3) is 5.91 Å². The lowest BCUT2D eigenvalue weighted by Gasteiger charge is -2.18. The molecule has 2 aromatic rings. The van der Waals surface area contributed by atoms with Crippen molar-refractivity contribution in [2.75, 3.05) is 11.4 Å². The highest BCUT2D eigenvalue weighted by molar-refractivity contribution is 6.09. The fourth-order valence-electron chi connectivity index (χ4n) is 2.72. The van der Waals surface area contributed by atoms with Crippen LogP contribution in [0.1, 0.15) is 37.7 Å². The Balaban J connectivity index is 2.02. The molecule has 6 heteroatoms. The molecule has 0 bridgehead atoms. The SMILES string of the molecule is Cc1n[nH]c(C)c1C(=O)N1CCc2ccc(C(=O)O)cc21. The van der Waals surface area contributed by atoms with E-state index in [-0.39, 0.29) is 11.5 Å². The first-order valence-corrected chi connectivity index (χ1v) is 6.68. The molecular weight excluding hydrogens is 270 g/mol. The van der Waals surface area contributed by atoms with E-state index in [2.05, 4.69) is 10.2 Å². The average Bonchev–Trinajstić information content (AvgIpc) is 3.01. The third-order valence-electron chi connectivity index (χ3n) is 3.81. The number of rotatable bonds is 2. The monoisotopic (exact) mass is 285 g/mol. The number of carboxylic acid groups (broad SMARTS) is 1. The van der Waals surface area contributed by atoms with Gasteiger partial charge in [-0.05, 0) is 38.0 Å². The summed E-state index contributed by atoms with van der Waals surface area (Å²) in [7, 11) is 0. The number of aromatic carboxylic acids is 1. The lowest BCUT2D eigenvalue weighted by Crippen LogP contribution is -2.29. The van der Waals surface area contributed by atoms with Crippen LogP contribution in [0.3, 0.4) is 0 Å². The van der Waals surface area contributed by atoms with Gasteiger partial charge in [-0.25, -0.2) is 4.79 Å². The van der Waals surface area contributed by atoms with Crippen molar-refractivity contribution in [2.24, 2.45) is 0 Å². The van der Waals surface area contributed by atoms with Crippen LogP contribution in [-0.4, -0.2) is 33.7 Å². The first-order chi connectivity index (χ1) is 9.99. The van der Waals surface area contributed by atoms with Crippen molar-refractivity contribution < 1.29 is 14.7 Å². The molecule has 2 heterocycles. The third kappa shape index (κ3) is 2.08. The summed E-state index contributed by atoms with van der Waals surface area (Å²) in [5, 5.41) is 15.9. The molecule has 108 valence electrons. The van der Waals surface area contributed by atoms with Gasteiger partial charge in [-0.2, -0.15) is 5.10 Å². The molecule has 1 amide bonds. The van der Waals surface area contributed by atoms with Crippen molar-refractivity contribution in [3.05, 3.63) is 46.3 Å². The maximum absolute atomic E-state index is 12.7. The summed E-state index contributed by atoms with van der Waals surface area (Å²) in [5.74, 6) is -1.13. The molecule has 0 fully saturated rings. The zero-order chi connectivity index (χ0) is 15.1. The van der Waals surface area contributed by atoms with Crippen LogP contribution in [0.2, 0.25) is 0 Å². The largest absolute Gasteiger partial charge is 0.478 e. The minimum atomic E-state index is -0.993. The lowest BCUT2D eigenvalue weighted by atomic mass is 10.1. The van der Waals surface area contributed by atoms with Crippen LogP contribution in [0.5, 0.6) is 0 Å². The molecule has 0 aliphatic carbocycles. The maximum atomic E-state index is 12.7. The highest BCUT2D eigenvalue weighted by Gasteiger charge is 2.29. The quantitative estimate of drug-likeness (QED) is 0.882. The molecule has 0 saturated carbocycles. The van der Waals surface area contributed by atoms with Crippen molar-refractivity contribution in [3.63, 3.8) is 0 Å². The zero-order valence-electron chi connectivity index (χ0n) is 11.8. The Bertz CT molecular complexity index is 729. The summed E-state index contributed by atoms with van der Waals surface area (Å²) in [6.07, 6.45) is 0.733. The van der Waals surface area contributed by atoms with E-state index < -0.39 is 5.97 Å². The Morgan fingerprint density at radius 2 is 2.10 bits per heavy atom. The fourth-order valence-corrected chi connectivity index (χ4v) is 2.72. The van der Waals surface area contributed by atoms with Crippen LogP contribution in [0.4, 0.5) is 5.69 Å². The number of nitrogens with zero attached hydrogens (tertiary/aromatic N) is 2. The first-order valence-electron chi connectivity index (χ1n) is 6.68. The minimum absolute atomic E-state index is 0.139. The van der Waals surface area contributed by atoms with Crippen molar-refractivity contribution in [3.8, 4) is 0 Å². The van der Waals surface area contributed by atoms with Crippen molar-refractivity contribution in [1.82, 2.24) is 10.2 Å². The van der Waals surface area contributed by atoms with Crippen molar-refractivity contribution >= 4 is 17.6 Å². The van der Waals surface area contributed by atoms with Gasteiger partial charge in [-0.15, -0.1) is 0 Å². The standard InChI is InChI=1S/C15H15N3O3/c1-8-13(9(2)17-16-8)14(19)18-6-5-10-3-4-11(15(20)21)7-12(10)18/h3-4,7H,5-6H2,1-2H3,(H,16,17)(H,20,21). The number of anilines is 1. The Labute approximate surface area is 121 Å². The van der Waals surface area contributed by atoms with E-state index in [0.29, 0.717) is 23.5 Å². The second-order valence-electron chi connectivity index (χ2n) is 5.16. The molecule has 1 aliphatic rings. The van der Waals surface area contributed by atoms with Gasteiger partial charge in [0.1, 0.15) is 0 Å². The normalized spacial score (nSPS) is 13.3. The van der Waals surface area contributed by atoms with Gasteiger partial charge in [0, 0.05) is 17.9 Å². The molecule has 0 unspecified atom stereocenters. The van der Waals surface area contributed by atoms with Crippen molar-refractivity contribution in [1.29, 1.82) is 0 Å². The average molecular weight is 285 g/mol. The van der Waals surface area contributed by atoms with Crippen LogP contribution in [0.15, 0.2) is 18.2 Å². The predicted molar refractivity (Wildman–Crippen MR) is 76.8 cm³/mol. The number of aryl methyl sites for hydroxylation is 2. The van der Waals surface area contributed by atoms with Gasteiger partial charge in [0.15, 0.2) is 0 Å². The topological polar surface area (TPSA) is 86.3 Å². The van der Waals surface area contributed by atoms with Gasteiger partial charge in [-0.3, -0.25) is 9.89 Å². The van der Waals surface area contributed by atoms with Crippen molar-refractivity contribution in [2.45, 2.75) is 20.3 Å². The first kappa shape index (κ1) is 13.4. The maximum Gasteiger partial charge on any atom is 0.335 e. The molecule has 1 aromatic carbocycles. The molecule has 21 heavy (non-hydrogen) atoms. The Morgan fingerprint density at radius 1 is 1.33 bits per heavy atom. The lowest BCUT2D eigenvalue weighted by molar-refractivity contribution is 0.0696. The summed E-state index contributed by atoms with van der Waals surface area (Å²) < 4.78 is 0. The summed E-state index contributed by atoms with van der Waals surface area (Å²) in [6.45, 7) is 4.14. The predicted octanol–water partition coefficient (Wildman–Crippen LogP) is 1.93. The molecule has 2 N–H and O–H groups in total. The molecule has 3 rings (SSSR count). The summed E-state index contributed by atoms with van der Waals surface area (Å²) >= 11 is 0. The molecular formula is C15H15N3O3. The molecule has 0 atom stereocenters. The van der Waals surface area contributed by atoms with E-state index in [4.69, 9.17) is 5.11 Å². The van der Waals surface area contributed by atoms with Gasteiger partial charge in [0.05, 0.1) is 16.8 Å². The number of hydrogen-bond acceptors (Lipinski definition) is 3. The smallest absolute Gasteiger partial charge is 0.335 e. The van der Waals surface area contributed by atoms with E-state index in [9.17, 15) is 9.59 Å². The fraction of sp³-hybridized carbons (Fsp3) is 0.267. The summed E-state index contributed by atoms with van der Waals surface area (Å²) in [4.78, 5) is 25.4. The number of carbonyl (C=O) groups is 2. The van der Waals surface area contributed by atoms with E-state index in [0.717, 1.165) is 17.7 Å².